The number of rotatable bonds is 3. The molecule has 0 unspecified atom stereocenters. The number of halogens is 4. The fourth-order valence-corrected chi connectivity index (χ4v) is 3.11. The van der Waals surface area contributed by atoms with Crippen LogP contribution in [0.2, 0.25) is 5.02 Å². The molecule has 1 aromatic heterocycles. The summed E-state index contributed by atoms with van der Waals surface area (Å²) in [6.07, 6.45) is -1.16. The van der Waals surface area contributed by atoms with Crippen molar-refractivity contribution in [2.45, 2.75) is 44.9 Å². The van der Waals surface area contributed by atoms with Crippen molar-refractivity contribution in [3.63, 3.8) is 0 Å². The number of carbonyl (C=O) groups excluding carboxylic acids is 1. The Morgan fingerprint density at radius 1 is 1.27 bits per heavy atom. The van der Waals surface area contributed by atoms with Gasteiger partial charge in [-0.2, -0.15) is 18.3 Å². The predicted octanol–water partition coefficient (Wildman–Crippen LogP) is 3.08. The molecule has 0 aliphatic carbocycles. The van der Waals surface area contributed by atoms with Crippen LogP contribution in [0.15, 0.2) is 23.0 Å². The van der Waals surface area contributed by atoms with E-state index in [-0.39, 0.29) is 17.9 Å². The van der Waals surface area contributed by atoms with E-state index in [1.807, 2.05) is 0 Å². The Hall–Kier alpha value is -2.29. The lowest BCUT2D eigenvalue weighted by Gasteiger charge is -2.11. The van der Waals surface area contributed by atoms with Crippen molar-refractivity contribution in [1.29, 1.82) is 0 Å². The van der Waals surface area contributed by atoms with E-state index in [0.29, 0.717) is 18.8 Å². The quantitative estimate of drug-likeness (QED) is 0.878. The van der Waals surface area contributed by atoms with Crippen molar-refractivity contribution in [3.8, 4) is 0 Å². The van der Waals surface area contributed by atoms with Gasteiger partial charge in [-0.05, 0) is 31.0 Å². The highest BCUT2D eigenvalue weighted by Crippen LogP contribution is 2.36. The monoisotopic (exact) mass is 388 g/mol. The number of benzene rings is 1. The minimum atomic E-state index is -4.63. The van der Waals surface area contributed by atoms with Gasteiger partial charge < -0.3 is 5.32 Å². The number of fused-ring (bicyclic) bond motifs is 1. The Bertz CT molecular complexity index is 889. The van der Waals surface area contributed by atoms with Crippen LogP contribution in [0.25, 0.3) is 0 Å². The van der Waals surface area contributed by atoms with Crippen molar-refractivity contribution in [1.82, 2.24) is 14.3 Å². The number of carbonyl (C=O) groups is 1. The molecule has 0 saturated carbocycles. The molecule has 0 bridgehead atoms. The second kappa shape index (κ2) is 7.14. The van der Waals surface area contributed by atoms with E-state index in [9.17, 15) is 22.8 Å². The summed E-state index contributed by atoms with van der Waals surface area (Å²) in [5.41, 5.74) is -1.48. The second-order valence-corrected chi connectivity index (χ2v) is 6.47. The summed E-state index contributed by atoms with van der Waals surface area (Å²) in [7, 11) is 0. The molecule has 6 nitrogen and oxygen atoms in total. The Morgan fingerprint density at radius 2 is 2.04 bits per heavy atom. The molecule has 26 heavy (non-hydrogen) atoms. The van der Waals surface area contributed by atoms with Gasteiger partial charge in [0.25, 0.3) is 0 Å². The molecule has 0 fully saturated rings. The van der Waals surface area contributed by atoms with E-state index < -0.39 is 22.7 Å². The Labute approximate surface area is 151 Å². The molecular formula is C16H16ClF3N4O2. The molecule has 1 N–H and O–H groups in total. The SMILES string of the molecule is O=C(Cn1nc2n(c1=O)CCCCC2)Nc1ccc(Cl)c(C(F)(F)F)c1. The van der Waals surface area contributed by atoms with Crippen LogP contribution in [0.5, 0.6) is 0 Å². The predicted molar refractivity (Wildman–Crippen MR) is 89.1 cm³/mol. The number of anilines is 1. The zero-order valence-corrected chi connectivity index (χ0v) is 14.4. The van der Waals surface area contributed by atoms with Crippen LogP contribution in [0, 0.1) is 0 Å². The summed E-state index contributed by atoms with van der Waals surface area (Å²) in [6, 6.07) is 3.08. The third-order valence-corrected chi connectivity index (χ3v) is 4.46. The van der Waals surface area contributed by atoms with Gasteiger partial charge in [0.2, 0.25) is 5.91 Å². The molecule has 1 amide bonds. The van der Waals surface area contributed by atoms with Gasteiger partial charge in [-0.3, -0.25) is 9.36 Å². The normalized spacial score (nSPS) is 14.6. The molecule has 0 radical (unpaired) electrons. The van der Waals surface area contributed by atoms with Crippen LogP contribution < -0.4 is 11.0 Å². The molecule has 2 aromatic rings. The Morgan fingerprint density at radius 3 is 2.77 bits per heavy atom. The first-order chi connectivity index (χ1) is 12.3. The molecule has 0 saturated heterocycles. The smallest absolute Gasteiger partial charge is 0.324 e. The number of nitrogens with one attached hydrogen (secondary N) is 1. The highest BCUT2D eigenvalue weighted by molar-refractivity contribution is 6.31. The van der Waals surface area contributed by atoms with Crippen molar-refractivity contribution < 1.29 is 18.0 Å². The highest BCUT2D eigenvalue weighted by atomic mass is 35.5. The second-order valence-electron chi connectivity index (χ2n) is 6.06. The molecule has 1 aliphatic heterocycles. The first kappa shape index (κ1) is 18.5. The molecule has 3 rings (SSSR count). The zero-order valence-electron chi connectivity index (χ0n) is 13.6. The van der Waals surface area contributed by atoms with Gasteiger partial charge >= 0.3 is 11.9 Å². The summed E-state index contributed by atoms with van der Waals surface area (Å²) in [5, 5.41) is 6.06. The molecule has 2 heterocycles. The van der Waals surface area contributed by atoms with Crippen molar-refractivity contribution in [2.75, 3.05) is 5.32 Å². The van der Waals surface area contributed by atoms with Crippen LogP contribution >= 0.6 is 11.6 Å². The molecule has 10 heteroatoms. The van der Waals surface area contributed by atoms with Gasteiger partial charge in [-0.15, -0.1) is 0 Å². The zero-order chi connectivity index (χ0) is 18.9. The average molecular weight is 389 g/mol. The molecule has 0 atom stereocenters. The fourth-order valence-electron chi connectivity index (χ4n) is 2.89. The number of amides is 1. The molecule has 0 spiro atoms. The number of hydrogen-bond donors (Lipinski definition) is 1. The van der Waals surface area contributed by atoms with Crippen molar-refractivity contribution in [3.05, 3.63) is 45.1 Å². The van der Waals surface area contributed by atoms with Crippen LogP contribution in [0.4, 0.5) is 18.9 Å². The first-order valence-electron chi connectivity index (χ1n) is 8.09. The number of alkyl halides is 3. The van der Waals surface area contributed by atoms with E-state index in [4.69, 9.17) is 11.6 Å². The third kappa shape index (κ3) is 3.92. The summed E-state index contributed by atoms with van der Waals surface area (Å²) in [5.74, 6) is -0.0121. The molecule has 140 valence electrons. The van der Waals surface area contributed by atoms with Gasteiger partial charge in [-0.25, -0.2) is 9.48 Å². The largest absolute Gasteiger partial charge is 0.417 e. The van der Waals surface area contributed by atoms with E-state index in [1.165, 1.54) is 6.07 Å². The van der Waals surface area contributed by atoms with Gasteiger partial charge in [-0.1, -0.05) is 18.0 Å². The van der Waals surface area contributed by atoms with Gasteiger partial charge in [0, 0.05) is 18.7 Å². The first-order valence-corrected chi connectivity index (χ1v) is 8.46. The Balaban J connectivity index is 1.75. The lowest BCUT2D eigenvalue weighted by atomic mass is 10.2. The molecule has 1 aromatic carbocycles. The lowest BCUT2D eigenvalue weighted by Crippen LogP contribution is -2.30. The van der Waals surface area contributed by atoms with Gasteiger partial charge in [0.15, 0.2) is 0 Å². The standard InChI is InChI=1S/C16H16ClF3N4O2/c17-12-6-5-10(8-11(12)16(18,19)20)21-14(25)9-24-15(26)23-7-3-1-2-4-13(23)22-24/h5-6,8H,1-4,7,9H2,(H,21,25). The topological polar surface area (TPSA) is 68.9 Å². The van der Waals surface area contributed by atoms with Gasteiger partial charge in [0.1, 0.15) is 12.4 Å². The maximum Gasteiger partial charge on any atom is 0.417 e. The molecule has 1 aliphatic rings. The number of nitrogens with zero attached hydrogens (tertiary/aromatic N) is 3. The minimum Gasteiger partial charge on any atom is -0.324 e. The number of aromatic nitrogens is 3. The summed E-state index contributed by atoms with van der Waals surface area (Å²) < 4.78 is 41.2. The van der Waals surface area contributed by atoms with Gasteiger partial charge in [0.05, 0.1) is 10.6 Å². The third-order valence-electron chi connectivity index (χ3n) is 4.13. The Kier molecular flexibility index (Phi) is 5.08. The average Bonchev–Trinajstić information content (AvgIpc) is 2.73. The van der Waals surface area contributed by atoms with Crippen LogP contribution in [-0.2, 0) is 30.5 Å². The van der Waals surface area contributed by atoms with Crippen molar-refractivity contribution in [2.24, 2.45) is 0 Å². The fraction of sp³-hybridized carbons (Fsp3) is 0.438. The summed E-state index contributed by atoms with van der Waals surface area (Å²) in [6.45, 7) is 0.185. The number of aryl methyl sites for hydroxylation is 1. The number of hydrogen-bond acceptors (Lipinski definition) is 3. The maximum absolute atomic E-state index is 12.9. The summed E-state index contributed by atoms with van der Waals surface area (Å²) in [4.78, 5) is 24.4. The highest BCUT2D eigenvalue weighted by Gasteiger charge is 2.33. The van der Waals surface area contributed by atoms with E-state index in [0.717, 1.165) is 36.1 Å². The van der Waals surface area contributed by atoms with Crippen LogP contribution in [0.1, 0.15) is 30.7 Å². The van der Waals surface area contributed by atoms with E-state index in [1.54, 1.807) is 4.57 Å². The van der Waals surface area contributed by atoms with Crippen molar-refractivity contribution >= 4 is 23.2 Å². The lowest BCUT2D eigenvalue weighted by molar-refractivity contribution is -0.137. The van der Waals surface area contributed by atoms with E-state index >= 15 is 0 Å². The van der Waals surface area contributed by atoms with Crippen LogP contribution in [-0.4, -0.2) is 20.3 Å². The maximum atomic E-state index is 12.9. The minimum absolute atomic E-state index is 0.0550. The van der Waals surface area contributed by atoms with Crippen LogP contribution in [0.3, 0.4) is 0 Å². The van der Waals surface area contributed by atoms with E-state index in [2.05, 4.69) is 10.4 Å². The molecular weight excluding hydrogens is 373 g/mol. The summed E-state index contributed by atoms with van der Waals surface area (Å²) >= 11 is 5.55.